The van der Waals surface area contributed by atoms with E-state index in [4.69, 9.17) is 0 Å². The monoisotopic (exact) mass is 392 g/mol. The van der Waals surface area contributed by atoms with E-state index in [0.29, 0.717) is 12.2 Å². The van der Waals surface area contributed by atoms with Crippen molar-refractivity contribution < 1.29 is 4.79 Å². The lowest BCUT2D eigenvalue weighted by atomic mass is 10.1. The maximum absolute atomic E-state index is 12.9. The summed E-state index contributed by atoms with van der Waals surface area (Å²) in [6.07, 6.45) is 4.91. The highest BCUT2D eigenvalue weighted by Crippen LogP contribution is 2.18. The molecule has 0 aliphatic heterocycles. The average molecular weight is 393 g/mol. The second-order valence-corrected chi connectivity index (χ2v) is 7.48. The van der Waals surface area contributed by atoms with Crippen molar-refractivity contribution in [3.8, 4) is 0 Å². The van der Waals surface area contributed by atoms with E-state index in [-0.39, 0.29) is 5.91 Å². The number of carbonyl (C=O) groups excluding carboxylic acids is 1. The molecule has 0 spiro atoms. The summed E-state index contributed by atoms with van der Waals surface area (Å²) in [6, 6.07) is 12.5. The minimum atomic E-state index is -0.0809. The number of benzene rings is 1. The van der Waals surface area contributed by atoms with Crippen LogP contribution in [-0.4, -0.2) is 28.4 Å². The number of rotatable bonds is 9. The summed E-state index contributed by atoms with van der Waals surface area (Å²) in [4.78, 5) is 20.0. The predicted molar refractivity (Wildman–Crippen MR) is 120 cm³/mol. The van der Waals surface area contributed by atoms with Crippen LogP contribution in [0.1, 0.15) is 60.9 Å². The number of anilines is 1. The first kappa shape index (κ1) is 20.9. The van der Waals surface area contributed by atoms with Gasteiger partial charge in [-0.3, -0.25) is 9.20 Å². The first-order valence-corrected chi connectivity index (χ1v) is 10.7. The molecule has 0 fully saturated rings. The van der Waals surface area contributed by atoms with Crippen molar-refractivity contribution in [2.75, 3.05) is 18.0 Å². The zero-order chi connectivity index (χ0) is 20.8. The summed E-state index contributed by atoms with van der Waals surface area (Å²) in [5, 5.41) is 3.07. The number of aryl methyl sites for hydroxylation is 2. The van der Waals surface area contributed by atoms with Crippen molar-refractivity contribution in [1.82, 2.24) is 14.7 Å². The molecule has 3 aromatic rings. The fourth-order valence-corrected chi connectivity index (χ4v) is 3.74. The highest BCUT2D eigenvalue weighted by Gasteiger charge is 2.18. The van der Waals surface area contributed by atoms with Crippen LogP contribution in [0.25, 0.3) is 5.65 Å². The fraction of sp³-hybridized carbons (Fsp3) is 0.417. The Balaban J connectivity index is 1.73. The molecule has 1 aromatic carbocycles. The van der Waals surface area contributed by atoms with Gasteiger partial charge in [-0.2, -0.15) is 0 Å². The van der Waals surface area contributed by atoms with Gasteiger partial charge in [-0.1, -0.05) is 39.0 Å². The lowest BCUT2D eigenvalue weighted by Gasteiger charge is -2.24. The van der Waals surface area contributed by atoms with Crippen LogP contribution in [0.3, 0.4) is 0 Å². The van der Waals surface area contributed by atoms with Gasteiger partial charge in [-0.25, -0.2) is 4.98 Å². The van der Waals surface area contributed by atoms with E-state index < -0.39 is 0 Å². The van der Waals surface area contributed by atoms with Gasteiger partial charge >= 0.3 is 0 Å². The summed E-state index contributed by atoms with van der Waals surface area (Å²) in [5.74, 6) is -0.0809. The SMILES string of the molecule is CCCN(CCC)c1ccc(CNC(=O)c2c(CC)nc3c(C)cccn23)cc1. The van der Waals surface area contributed by atoms with Crippen molar-refractivity contribution in [3.63, 3.8) is 0 Å². The number of pyridine rings is 1. The number of fused-ring (bicyclic) bond motifs is 1. The molecule has 5 heteroatoms. The molecule has 0 saturated heterocycles. The Labute approximate surface area is 173 Å². The van der Waals surface area contributed by atoms with Crippen molar-refractivity contribution in [2.45, 2.75) is 53.5 Å². The minimum absolute atomic E-state index is 0.0809. The third kappa shape index (κ3) is 4.61. The summed E-state index contributed by atoms with van der Waals surface area (Å²) < 4.78 is 1.90. The molecule has 0 atom stereocenters. The largest absolute Gasteiger partial charge is 0.372 e. The number of carbonyl (C=O) groups is 1. The van der Waals surface area contributed by atoms with Crippen molar-refractivity contribution >= 4 is 17.2 Å². The number of imidazole rings is 1. The molecule has 5 nitrogen and oxygen atoms in total. The topological polar surface area (TPSA) is 49.6 Å². The molecule has 0 aliphatic rings. The number of nitrogens with zero attached hydrogens (tertiary/aromatic N) is 3. The Morgan fingerprint density at radius 1 is 1.07 bits per heavy atom. The molecule has 1 N–H and O–H groups in total. The smallest absolute Gasteiger partial charge is 0.270 e. The maximum atomic E-state index is 12.9. The van der Waals surface area contributed by atoms with E-state index in [1.807, 2.05) is 36.6 Å². The van der Waals surface area contributed by atoms with Gasteiger partial charge in [0, 0.05) is 31.5 Å². The Morgan fingerprint density at radius 3 is 2.38 bits per heavy atom. The Hall–Kier alpha value is -2.82. The van der Waals surface area contributed by atoms with Gasteiger partial charge in [0.15, 0.2) is 0 Å². The summed E-state index contributed by atoms with van der Waals surface area (Å²) in [5.41, 5.74) is 5.74. The van der Waals surface area contributed by atoms with Crippen LogP contribution < -0.4 is 10.2 Å². The maximum Gasteiger partial charge on any atom is 0.270 e. The van der Waals surface area contributed by atoms with E-state index in [1.54, 1.807) is 0 Å². The standard InChI is InChI=1S/C24H32N4O/c1-5-14-27(15-6-2)20-12-10-19(11-13-20)17-25-24(29)22-21(7-3)26-23-18(4)9-8-16-28(22)23/h8-13,16H,5-7,14-15,17H2,1-4H3,(H,25,29). The van der Waals surface area contributed by atoms with Gasteiger partial charge in [-0.05, 0) is 55.5 Å². The molecule has 2 heterocycles. The zero-order valence-electron chi connectivity index (χ0n) is 18.0. The van der Waals surface area contributed by atoms with Gasteiger partial charge < -0.3 is 10.2 Å². The summed E-state index contributed by atoms with van der Waals surface area (Å²) >= 11 is 0. The van der Waals surface area contributed by atoms with Crippen LogP contribution in [0, 0.1) is 6.92 Å². The molecule has 3 rings (SSSR count). The van der Waals surface area contributed by atoms with Crippen LogP contribution in [0.5, 0.6) is 0 Å². The number of hydrogen-bond acceptors (Lipinski definition) is 3. The van der Waals surface area contributed by atoms with E-state index in [2.05, 4.69) is 53.3 Å². The Morgan fingerprint density at radius 2 is 1.76 bits per heavy atom. The van der Waals surface area contributed by atoms with Crippen LogP contribution in [0.2, 0.25) is 0 Å². The Bertz CT molecular complexity index is 953. The molecule has 0 aliphatic carbocycles. The highest BCUT2D eigenvalue weighted by atomic mass is 16.1. The molecule has 0 saturated carbocycles. The van der Waals surface area contributed by atoms with Crippen molar-refractivity contribution in [3.05, 3.63) is 65.1 Å². The second-order valence-electron chi connectivity index (χ2n) is 7.48. The minimum Gasteiger partial charge on any atom is -0.372 e. The molecule has 29 heavy (non-hydrogen) atoms. The quantitative estimate of drug-likeness (QED) is 0.571. The van der Waals surface area contributed by atoms with Gasteiger partial charge in [0.25, 0.3) is 5.91 Å². The van der Waals surface area contributed by atoms with Crippen LogP contribution in [0.15, 0.2) is 42.6 Å². The van der Waals surface area contributed by atoms with Crippen molar-refractivity contribution in [1.29, 1.82) is 0 Å². The van der Waals surface area contributed by atoms with Crippen LogP contribution >= 0.6 is 0 Å². The molecule has 154 valence electrons. The summed E-state index contributed by atoms with van der Waals surface area (Å²) in [7, 11) is 0. The Kier molecular flexibility index (Phi) is 6.91. The number of nitrogens with one attached hydrogen (secondary N) is 1. The van der Waals surface area contributed by atoms with E-state index in [0.717, 1.165) is 54.8 Å². The highest BCUT2D eigenvalue weighted by molar-refractivity contribution is 5.94. The number of aromatic nitrogens is 2. The van der Waals surface area contributed by atoms with Crippen molar-refractivity contribution in [2.24, 2.45) is 0 Å². The summed E-state index contributed by atoms with van der Waals surface area (Å²) in [6.45, 7) is 11.1. The zero-order valence-corrected chi connectivity index (χ0v) is 18.0. The molecule has 1 amide bonds. The normalized spacial score (nSPS) is 11.0. The second kappa shape index (κ2) is 9.59. The molecule has 0 radical (unpaired) electrons. The third-order valence-corrected chi connectivity index (χ3v) is 5.21. The van der Waals surface area contributed by atoms with Crippen LogP contribution in [0.4, 0.5) is 5.69 Å². The molecule has 0 bridgehead atoms. The first-order chi connectivity index (χ1) is 14.1. The van der Waals surface area contributed by atoms with E-state index in [1.165, 1.54) is 5.69 Å². The predicted octanol–water partition coefficient (Wildman–Crippen LogP) is 4.76. The van der Waals surface area contributed by atoms with Gasteiger partial charge in [-0.15, -0.1) is 0 Å². The van der Waals surface area contributed by atoms with Crippen LogP contribution in [-0.2, 0) is 13.0 Å². The lowest BCUT2D eigenvalue weighted by Crippen LogP contribution is -2.26. The number of hydrogen-bond donors (Lipinski definition) is 1. The average Bonchev–Trinajstić information content (AvgIpc) is 3.12. The third-order valence-electron chi connectivity index (χ3n) is 5.21. The lowest BCUT2D eigenvalue weighted by molar-refractivity contribution is 0.0944. The fourth-order valence-electron chi connectivity index (χ4n) is 3.74. The first-order valence-electron chi connectivity index (χ1n) is 10.7. The van der Waals surface area contributed by atoms with Gasteiger partial charge in [0.2, 0.25) is 0 Å². The number of amides is 1. The molecular formula is C24H32N4O. The molecule has 2 aromatic heterocycles. The molecular weight excluding hydrogens is 360 g/mol. The van der Waals surface area contributed by atoms with Gasteiger partial charge in [0.1, 0.15) is 11.3 Å². The molecule has 0 unspecified atom stereocenters. The van der Waals surface area contributed by atoms with Gasteiger partial charge in [0.05, 0.1) is 5.69 Å². The van der Waals surface area contributed by atoms with E-state index >= 15 is 0 Å². The van der Waals surface area contributed by atoms with E-state index in [9.17, 15) is 4.79 Å².